The molecule has 0 unspecified atom stereocenters. The lowest BCUT2D eigenvalue weighted by Gasteiger charge is -2.23. The van der Waals surface area contributed by atoms with Crippen molar-refractivity contribution in [3.8, 4) is 23.2 Å². The zero-order valence-electron chi connectivity index (χ0n) is 40.3. The first-order valence-corrected chi connectivity index (χ1v) is 24.6. The summed E-state index contributed by atoms with van der Waals surface area (Å²) in [5, 5.41) is 13.3. The minimum Gasteiger partial charge on any atom is -0.332 e. The topological polar surface area (TPSA) is 250 Å². The summed E-state index contributed by atoms with van der Waals surface area (Å²) in [7, 11) is 0. The van der Waals surface area contributed by atoms with Gasteiger partial charge in [-0.1, -0.05) is 42.5 Å². The number of carbonyl (C=O) groups excluding carboxylic acids is 2. The lowest BCUT2D eigenvalue weighted by Crippen LogP contribution is -2.48. The normalized spacial score (nSPS) is 16.0. The molecule has 0 radical (unpaired) electrons. The Kier molecular flexibility index (Phi) is 14.3. The predicted octanol–water partition coefficient (Wildman–Crippen LogP) is 5.42. The van der Waals surface area contributed by atoms with Crippen molar-refractivity contribution in [2.24, 2.45) is 5.41 Å². The molecule has 8 heterocycles. The second kappa shape index (κ2) is 20.9. The standard InChI is InChI=1S/C26H30N6O4.C25H27FN6O4/c1-17-16-18-21(22(33)28-17)31(15-7-10-26(2)11-12-26)25(35)32(24(18)34)14-6-4-9-20-29-23(36-30-20)19-8-3-5-13-27-19;1-16-15-17-20(21(33)28-16)31(14-6-9-25(26)10-11-25)24(35)32(23(17)34)13-5-3-8-19-29-22(36-30-19)18-7-2-4-12-27-18/h3,5,8,13H,1,4,6-7,9-12,14-16H2,2H3,(H,28,33);2,4,7,12H,1,3,5-6,8-11,13-15H2,(H,28,33). The Morgan fingerprint density at radius 2 is 1.04 bits per heavy atom. The summed E-state index contributed by atoms with van der Waals surface area (Å²) in [6.45, 7) is 10.9. The fraction of sp³-hybridized carbons (Fsp3) is 0.451. The molecule has 2 amide bonds. The van der Waals surface area contributed by atoms with E-state index in [-0.39, 0.29) is 49.4 Å². The number of hydrogen-bond donors (Lipinski definition) is 2. The third-order valence-corrected chi connectivity index (χ3v) is 13.7. The summed E-state index contributed by atoms with van der Waals surface area (Å²) in [4.78, 5) is 95.5. The molecule has 2 aliphatic heterocycles. The molecule has 376 valence electrons. The van der Waals surface area contributed by atoms with Crippen LogP contribution in [0.5, 0.6) is 0 Å². The highest BCUT2D eigenvalue weighted by atomic mass is 19.1. The molecule has 2 fully saturated rings. The lowest BCUT2D eigenvalue weighted by atomic mass is 10.0. The minimum absolute atomic E-state index is 0.0613. The first-order chi connectivity index (χ1) is 34.7. The van der Waals surface area contributed by atoms with E-state index in [4.69, 9.17) is 9.05 Å². The van der Waals surface area contributed by atoms with Gasteiger partial charge in [-0.05, 0) is 107 Å². The second-order valence-corrected chi connectivity index (χ2v) is 19.4. The molecule has 0 atom stereocenters. The predicted molar refractivity (Wildman–Crippen MR) is 260 cm³/mol. The molecular formula is C51H57FN12O8. The number of unbranched alkanes of at least 4 members (excludes halogenated alkanes) is 2. The van der Waals surface area contributed by atoms with Crippen molar-refractivity contribution >= 4 is 11.8 Å². The highest BCUT2D eigenvalue weighted by molar-refractivity contribution is 5.97. The van der Waals surface area contributed by atoms with Gasteiger partial charge in [-0.15, -0.1) is 0 Å². The monoisotopic (exact) mass is 984 g/mol. The van der Waals surface area contributed by atoms with Crippen LogP contribution in [0, 0.1) is 5.41 Å². The van der Waals surface area contributed by atoms with Crippen LogP contribution in [0.2, 0.25) is 0 Å². The first kappa shape index (κ1) is 49.3. The molecule has 0 spiro atoms. The molecule has 20 nitrogen and oxygen atoms in total. The molecule has 6 aromatic rings. The fourth-order valence-electron chi connectivity index (χ4n) is 9.18. The highest BCUT2D eigenvalue weighted by Crippen LogP contribution is 2.49. The van der Waals surface area contributed by atoms with Crippen LogP contribution < -0.4 is 33.1 Å². The Bertz CT molecular complexity index is 3050. The number of halogens is 1. The van der Waals surface area contributed by atoms with Crippen molar-refractivity contribution < 1.29 is 23.0 Å². The van der Waals surface area contributed by atoms with Gasteiger partial charge in [0.25, 0.3) is 34.7 Å². The number of nitrogens with zero attached hydrogens (tertiary/aromatic N) is 10. The van der Waals surface area contributed by atoms with Gasteiger partial charge in [-0.3, -0.25) is 47.4 Å². The van der Waals surface area contributed by atoms with Crippen LogP contribution in [0.15, 0.2) is 102 Å². The highest BCUT2D eigenvalue weighted by Gasteiger charge is 2.42. The van der Waals surface area contributed by atoms with Gasteiger partial charge in [0.05, 0.1) is 11.1 Å². The van der Waals surface area contributed by atoms with Crippen LogP contribution in [-0.2, 0) is 51.9 Å². The van der Waals surface area contributed by atoms with Crippen LogP contribution in [0.4, 0.5) is 4.39 Å². The molecular weight excluding hydrogens is 928 g/mol. The number of hydrogen-bond acceptors (Lipinski definition) is 14. The van der Waals surface area contributed by atoms with Crippen molar-refractivity contribution in [1.82, 2.24) is 59.2 Å². The number of amides is 2. The Morgan fingerprint density at radius 3 is 1.46 bits per heavy atom. The van der Waals surface area contributed by atoms with Gasteiger partial charge in [0, 0.05) is 75.7 Å². The average molecular weight is 985 g/mol. The van der Waals surface area contributed by atoms with Crippen molar-refractivity contribution in [3.05, 3.63) is 149 Å². The lowest BCUT2D eigenvalue weighted by molar-refractivity contribution is 0.0937. The number of rotatable bonds is 20. The SMILES string of the molecule is C=C1Cc2c(n(CCCC3(C)CC3)c(=O)n(CCCCc3noc(-c4ccccn4)n3)c2=O)C(=O)N1.C=C1Cc2c(n(CCCC3(F)CC3)c(=O)n(CCCCc3noc(-c4ccccn4)n3)c2=O)C(=O)N1. The Hall–Kier alpha value is -7.71. The summed E-state index contributed by atoms with van der Waals surface area (Å²) in [5.41, 5.74) is 0.230. The average Bonchev–Trinajstić information content (AvgIpc) is 4.13. The molecule has 0 aromatic carbocycles. The van der Waals surface area contributed by atoms with Gasteiger partial charge in [-0.2, -0.15) is 9.97 Å². The second-order valence-electron chi connectivity index (χ2n) is 19.4. The molecule has 21 heteroatoms. The first-order valence-electron chi connectivity index (χ1n) is 24.6. The molecule has 2 aliphatic carbocycles. The number of aromatic nitrogens is 10. The zero-order valence-corrected chi connectivity index (χ0v) is 40.3. The van der Waals surface area contributed by atoms with Gasteiger partial charge in [0.1, 0.15) is 28.4 Å². The van der Waals surface area contributed by atoms with Gasteiger partial charge in [0.2, 0.25) is 0 Å². The van der Waals surface area contributed by atoms with Crippen LogP contribution in [0.3, 0.4) is 0 Å². The van der Waals surface area contributed by atoms with Gasteiger partial charge < -0.3 is 19.7 Å². The summed E-state index contributed by atoms with van der Waals surface area (Å²) in [6.07, 6.45) is 13.1. The number of pyridine rings is 2. The third kappa shape index (κ3) is 11.2. The van der Waals surface area contributed by atoms with Crippen LogP contribution in [-0.4, -0.2) is 66.0 Å². The summed E-state index contributed by atoms with van der Waals surface area (Å²) < 4.78 is 29.9. The molecule has 10 rings (SSSR count). The molecule has 0 saturated heterocycles. The number of alkyl halides is 1. The van der Waals surface area contributed by atoms with Crippen molar-refractivity contribution in [2.75, 3.05) is 0 Å². The Labute approximate surface area is 412 Å². The summed E-state index contributed by atoms with van der Waals surface area (Å²) in [6, 6.07) is 10.9. The van der Waals surface area contributed by atoms with Crippen LogP contribution in [0.1, 0.15) is 128 Å². The van der Waals surface area contributed by atoms with Gasteiger partial charge in [-0.25, -0.2) is 14.0 Å². The number of fused-ring (bicyclic) bond motifs is 2. The number of aryl methyl sites for hydroxylation is 2. The molecule has 6 aromatic heterocycles. The van der Waals surface area contributed by atoms with Crippen molar-refractivity contribution in [1.29, 1.82) is 0 Å². The van der Waals surface area contributed by atoms with E-state index in [1.165, 1.54) is 31.1 Å². The number of nitrogens with one attached hydrogen (secondary N) is 2. The van der Waals surface area contributed by atoms with E-state index in [1.54, 1.807) is 30.6 Å². The summed E-state index contributed by atoms with van der Waals surface area (Å²) in [5.74, 6) is 0.800. The molecule has 2 saturated carbocycles. The summed E-state index contributed by atoms with van der Waals surface area (Å²) >= 11 is 0. The molecule has 0 bridgehead atoms. The van der Waals surface area contributed by atoms with E-state index < -0.39 is 40.0 Å². The van der Waals surface area contributed by atoms with Crippen LogP contribution >= 0.6 is 0 Å². The van der Waals surface area contributed by atoms with E-state index in [0.29, 0.717) is 128 Å². The van der Waals surface area contributed by atoms with Gasteiger partial charge >= 0.3 is 11.4 Å². The minimum atomic E-state index is -1.15. The Balaban J connectivity index is 0.000000178. The van der Waals surface area contributed by atoms with Gasteiger partial charge in [0.15, 0.2) is 11.6 Å². The molecule has 4 aliphatic rings. The maximum atomic E-state index is 14.1. The number of allylic oxidation sites excluding steroid dienone is 2. The number of carbonyl (C=O) groups is 2. The Morgan fingerprint density at radius 1 is 0.597 bits per heavy atom. The van der Waals surface area contributed by atoms with Crippen LogP contribution in [0.25, 0.3) is 23.2 Å². The van der Waals surface area contributed by atoms with E-state index in [0.717, 1.165) is 12.8 Å². The van der Waals surface area contributed by atoms with E-state index in [9.17, 15) is 33.2 Å². The zero-order chi connectivity index (χ0) is 50.6. The van der Waals surface area contributed by atoms with E-state index in [1.807, 2.05) is 18.2 Å². The van der Waals surface area contributed by atoms with E-state index >= 15 is 0 Å². The third-order valence-electron chi connectivity index (χ3n) is 13.7. The fourth-order valence-corrected chi connectivity index (χ4v) is 9.18. The smallest absolute Gasteiger partial charge is 0.331 e. The van der Waals surface area contributed by atoms with E-state index in [2.05, 4.69) is 61.0 Å². The van der Waals surface area contributed by atoms with Crippen molar-refractivity contribution in [3.63, 3.8) is 0 Å². The quantitative estimate of drug-likeness (QED) is 0.0908. The maximum absolute atomic E-state index is 14.1. The molecule has 72 heavy (non-hydrogen) atoms. The molecule has 2 N–H and O–H groups in total. The largest absolute Gasteiger partial charge is 0.332 e. The maximum Gasteiger partial charge on any atom is 0.331 e. The van der Waals surface area contributed by atoms with Crippen molar-refractivity contribution in [2.45, 2.75) is 142 Å².